The van der Waals surface area contributed by atoms with Crippen LogP contribution in [0.4, 0.5) is 0 Å². The Labute approximate surface area is 160 Å². The molecule has 134 valence electrons. The van der Waals surface area contributed by atoms with E-state index < -0.39 is 0 Å². The van der Waals surface area contributed by atoms with Crippen molar-refractivity contribution in [3.8, 4) is 0 Å². The molecule has 1 aliphatic rings. The molecule has 0 bridgehead atoms. The molecule has 0 N–H and O–H groups in total. The molecule has 0 atom stereocenters. The standard InChI is InChI=1S/C25H22O2/c1-26-25-22(17-18-23(27-25)19-11-5-2-6-12-19)24(20-13-7-3-8-14-20)21-15-9-4-10-16-21/h2-16,18,24H,17H2,1H3. The lowest BCUT2D eigenvalue weighted by molar-refractivity contribution is 0.121. The highest BCUT2D eigenvalue weighted by Crippen LogP contribution is 2.40. The molecular formula is C25H22O2. The highest BCUT2D eigenvalue weighted by atomic mass is 16.7. The summed E-state index contributed by atoms with van der Waals surface area (Å²) in [4.78, 5) is 0. The summed E-state index contributed by atoms with van der Waals surface area (Å²) in [5, 5.41) is 0. The Bertz CT molecular complexity index is 902. The summed E-state index contributed by atoms with van der Waals surface area (Å²) >= 11 is 0. The molecule has 0 spiro atoms. The molecule has 0 saturated carbocycles. The summed E-state index contributed by atoms with van der Waals surface area (Å²) in [6.45, 7) is 0. The minimum absolute atomic E-state index is 0.0934. The first-order valence-electron chi connectivity index (χ1n) is 9.17. The Kier molecular flexibility index (Phi) is 5.06. The van der Waals surface area contributed by atoms with Crippen molar-refractivity contribution in [2.24, 2.45) is 0 Å². The third-order valence-electron chi connectivity index (χ3n) is 4.83. The van der Waals surface area contributed by atoms with Gasteiger partial charge in [0.25, 0.3) is 5.95 Å². The molecule has 4 rings (SSSR count). The van der Waals surface area contributed by atoms with E-state index in [2.05, 4.69) is 66.7 Å². The molecule has 0 saturated heterocycles. The molecule has 27 heavy (non-hydrogen) atoms. The van der Waals surface area contributed by atoms with Crippen molar-refractivity contribution in [2.45, 2.75) is 12.3 Å². The van der Waals surface area contributed by atoms with Gasteiger partial charge in [-0.3, -0.25) is 0 Å². The molecular weight excluding hydrogens is 332 g/mol. The van der Waals surface area contributed by atoms with Crippen LogP contribution in [-0.4, -0.2) is 7.11 Å². The van der Waals surface area contributed by atoms with E-state index in [-0.39, 0.29) is 5.92 Å². The molecule has 3 aromatic carbocycles. The summed E-state index contributed by atoms with van der Waals surface area (Å²) in [6, 6.07) is 31.2. The Morgan fingerprint density at radius 1 is 0.741 bits per heavy atom. The number of rotatable bonds is 5. The Morgan fingerprint density at radius 2 is 1.26 bits per heavy atom. The van der Waals surface area contributed by atoms with Crippen LogP contribution in [0.1, 0.15) is 29.0 Å². The maximum atomic E-state index is 6.18. The molecule has 0 radical (unpaired) electrons. The number of methoxy groups -OCH3 is 1. The van der Waals surface area contributed by atoms with Crippen molar-refractivity contribution in [2.75, 3.05) is 7.11 Å². The van der Waals surface area contributed by atoms with E-state index in [1.54, 1.807) is 7.11 Å². The second-order valence-corrected chi connectivity index (χ2v) is 6.51. The second kappa shape index (κ2) is 7.96. The zero-order valence-electron chi connectivity index (χ0n) is 15.3. The van der Waals surface area contributed by atoms with E-state index in [0.29, 0.717) is 5.95 Å². The van der Waals surface area contributed by atoms with Crippen molar-refractivity contribution >= 4 is 5.76 Å². The molecule has 1 heterocycles. The Hall–Kier alpha value is -3.26. The summed E-state index contributed by atoms with van der Waals surface area (Å²) in [5.41, 5.74) is 4.65. The molecule has 0 aliphatic carbocycles. The minimum atomic E-state index is 0.0934. The smallest absolute Gasteiger partial charge is 0.284 e. The number of hydrogen-bond acceptors (Lipinski definition) is 2. The molecule has 0 aromatic heterocycles. The van der Waals surface area contributed by atoms with Gasteiger partial charge in [0.1, 0.15) is 5.76 Å². The van der Waals surface area contributed by atoms with Crippen LogP contribution in [0, 0.1) is 0 Å². The van der Waals surface area contributed by atoms with Gasteiger partial charge in [-0.2, -0.15) is 0 Å². The van der Waals surface area contributed by atoms with E-state index in [1.165, 1.54) is 11.1 Å². The maximum Gasteiger partial charge on any atom is 0.284 e. The third-order valence-corrected chi connectivity index (χ3v) is 4.83. The molecule has 3 aromatic rings. The van der Waals surface area contributed by atoms with Gasteiger partial charge in [-0.25, -0.2) is 0 Å². The van der Waals surface area contributed by atoms with Crippen LogP contribution in [0.5, 0.6) is 0 Å². The van der Waals surface area contributed by atoms with Crippen molar-refractivity contribution in [3.05, 3.63) is 125 Å². The molecule has 2 nitrogen and oxygen atoms in total. The van der Waals surface area contributed by atoms with Crippen LogP contribution in [-0.2, 0) is 9.47 Å². The largest absolute Gasteiger partial charge is 0.468 e. The van der Waals surface area contributed by atoms with Gasteiger partial charge in [0.05, 0.1) is 7.11 Å². The zero-order valence-corrected chi connectivity index (χ0v) is 15.3. The van der Waals surface area contributed by atoms with Crippen LogP contribution < -0.4 is 0 Å². The van der Waals surface area contributed by atoms with Crippen LogP contribution in [0.2, 0.25) is 0 Å². The summed E-state index contributed by atoms with van der Waals surface area (Å²) in [5.74, 6) is 1.53. The summed E-state index contributed by atoms with van der Waals surface area (Å²) in [6.07, 6.45) is 2.92. The van der Waals surface area contributed by atoms with Gasteiger partial charge in [-0.15, -0.1) is 0 Å². The van der Waals surface area contributed by atoms with Crippen LogP contribution in [0.3, 0.4) is 0 Å². The van der Waals surface area contributed by atoms with Crippen LogP contribution in [0.25, 0.3) is 5.76 Å². The molecule has 2 heteroatoms. The predicted octanol–water partition coefficient (Wildman–Crippen LogP) is 6.14. The fourth-order valence-corrected chi connectivity index (χ4v) is 3.57. The first-order chi connectivity index (χ1) is 13.4. The number of ether oxygens (including phenoxy) is 2. The number of hydrogen-bond donors (Lipinski definition) is 0. The van der Waals surface area contributed by atoms with Gasteiger partial charge < -0.3 is 9.47 Å². The molecule has 0 fully saturated rings. The number of allylic oxidation sites excluding steroid dienone is 2. The van der Waals surface area contributed by atoms with Gasteiger partial charge in [0, 0.05) is 17.1 Å². The predicted molar refractivity (Wildman–Crippen MR) is 109 cm³/mol. The molecule has 1 aliphatic heterocycles. The van der Waals surface area contributed by atoms with Crippen LogP contribution in [0.15, 0.2) is 109 Å². The monoisotopic (exact) mass is 354 g/mol. The fourth-order valence-electron chi connectivity index (χ4n) is 3.57. The van der Waals surface area contributed by atoms with Crippen molar-refractivity contribution in [1.82, 2.24) is 0 Å². The first-order valence-corrected chi connectivity index (χ1v) is 9.17. The first kappa shape index (κ1) is 17.2. The quantitative estimate of drug-likeness (QED) is 0.548. The highest BCUT2D eigenvalue weighted by molar-refractivity contribution is 5.62. The molecule has 0 unspecified atom stereocenters. The average Bonchev–Trinajstić information content (AvgIpc) is 2.76. The van der Waals surface area contributed by atoms with E-state index >= 15 is 0 Å². The lowest BCUT2D eigenvalue weighted by Crippen LogP contribution is -2.13. The average molecular weight is 354 g/mol. The lowest BCUT2D eigenvalue weighted by atomic mass is 9.83. The van der Waals surface area contributed by atoms with Gasteiger partial charge >= 0.3 is 0 Å². The third kappa shape index (κ3) is 3.65. The fraction of sp³-hybridized carbons (Fsp3) is 0.120. The van der Waals surface area contributed by atoms with Gasteiger partial charge in [-0.1, -0.05) is 91.0 Å². The van der Waals surface area contributed by atoms with Gasteiger partial charge in [-0.05, 0) is 23.6 Å². The maximum absolute atomic E-state index is 6.18. The highest BCUT2D eigenvalue weighted by Gasteiger charge is 2.27. The van der Waals surface area contributed by atoms with E-state index in [4.69, 9.17) is 9.47 Å². The number of benzene rings is 3. The second-order valence-electron chi connectivity index (χ2n) is 6.51. The minimum Gasteiger partial charge on any atom is -0.468 e. The topological polar surface area (TPSA) is 18.5 Å². The van der Waals surface area contributed by atoms with Crippen molar-refractivity contribution < 1.29 is 9.47 Å². The molecule has 0 amide bonds. The lowest BCUT2D eigenvalue weighted by Gasteiger charge is -2.27. The van der Waals surface area contributed by atoms with Crippen molar-refractivity contribution in [1.29, 1.82) is 0 Å². The summed E-state index contributed by atoms with van der Waals surface area (Å²) < 4.78 is 11.9. The van der Waals surface area contributed by atoms with Crippen molar-refractivity contribution in [3.63, 3.8) is 0 Å². The van der Waals surface area contributed by atoms with Crippen LogP contribution >= 0.6 is 0 Å². The SMILES string of the molecule is COC1=C(C(c2ccccc2)c2ccccc2)CC=C(c2ccccc2)O1. The zero-order chi connectivity index (χ0) is 18.5. The van der Waals surface area contributed by atoms with E-state index in [0.717, 1.165) is 23.3 Å². The Balaban J connectivity index is 1.75. The van der Waals surface area contributed by atoms with Gasteiger partial charge in [0.2, 0.25) is 0 Å². The van der Waals surface area contributed by atoms with Gasteiger partial charge in [0.15, 0.2) is 0 Å². The normalized spacial score (nSPS) is 13.9. The van der Waals surface area contributed by atoms with E-state index in [9.17, 15) is 0 Å². The van der Waals surface area contributed by atoms with E-state index in [1.807, 2.05) is 30.3 Å². The summed E-state index contributed by atoms with van der Waals surface area (Å²) in [7, 11) is 1.68. The Morgan fingerprint density at radius 3 is 1.78 bits per heavy atom.